The van der Waals surface area contributed by atoms with Crippen molar-refractivity contribution in [2.75, 3.05) is 26.8 Å². The van der Waals surface area contributed by atoms with Gasteiger partial charge in [-0.2, -0.15) is 0 Å². The molecule has 26 heavy (non-hydrogen) atoms. The third-order valence-corrected chi connectivity index (χ3v) is 3.85. The Morgan fingerprint density at radius 1 is 1.23 bits per heavy atom. The van der Waals surface area contributed by atoms with Crippen molar-refractivity contribution in [2.45, 2.75) is 45.8 Å². The van der Waals surface area contributed by atoms with Gasteiger partial charge in [0.2, 0.25) is 0 Å². The molecule has 1 aliphatic rings. The summed E-state index contributed by atoms with van der Waals surface area (Å²) in [6, 6.07) is 8.11. The van der Waals surface area contributed by atoms with Crippen LogP contribution >= 0.6 is 24.0 Å². The summed E-state index contributed by atoms with van der Waals surface area (Å²) in [6.07, 6.45) is 4.24. The zero-order valence-corrected chi connectivity index (χ0v) is 18.6. The third-order valence-electron chi connectivity index (χ3n) is 3.85. The second-order valence-electron chi connectivity index (χ2n) is 7.11. The molecule has 146 valence electrons. The van der Waals surface area contributed by atoms with Crippen LogP contribution in [0.4, 0.5) is 0 Å². The van der Waals surface area contributed by atoms with Crippen LogP contribution < -0.4 is 15.4 Å². The Morgan fingerprint density at radius 3 is 2.65 bits per heavy atom. The summed E-state index contributed by atoms with van der Waals surface area (Å²) >= 11 is 0. The molecular formula is C20H32IN3O2. The van der Waals surface area contributed by atoms with Gasteiger partial charge in [0.05, 0.1) is 13.2 Å². The fourth-order valence-electron chi connectivity index (χ4n) is 2.61. The van der Waals surface area contributed by atoms with E-state index in [1.807, 2.05) is 18.2 Å². The van der Waals surface area contributed by atoms with Gasteiger partial charge in [-0.05, 0) is 39.7 Å². The molecule has 0 saturated carbocycles. The van der Waals surface area contributed by atoms with Crippen molar-refractivity contribution in [3.8, 4) is 5.75 Å². The Labute approximate surface area is 174 Å². The minimum absolute atomic E-state index is 0. The zero-order valence-electron chi connectivity index (χ0n) is 16.3. The van der Waals surface area contributed by atoms with Crippen molar-refractivity contribution in [2.24, 2.45) is 4.99 Å². The summed E-state index contributed by atoms with van der Waals surface area (Å²) in [4.78, 5) is 4.30. The summed E-state index contributed by atoms with van der Waals surface area (Å²) in [7, 11) is 1.79. The topological polar surface area (TPSA) is 54.9 Å². The molecule has 2 N–H and O–H groups in total. The summed E-state index contributed by atoms with van der Waals surface area (Å²) in [6.45, 7) is 9.29. The fraction of sp³-hybridized carbons (Fsp3) is 0.550. The van der Waals surface area contributed by atoms with E-state index >= 15 is 0 Å². The molecular weight excluding hydrogens is 441 g/mol. The minimum atomic E-state index is -0.215. The highest BCUT2D eigenvalue weighted by Gasteiger charge is 2.14. The van der Waals surface area contributed by atoms with Crippen molar-refractivity contribution < 1.29 is 9.47 Å². The lowest BCUT2D eigenvalue weighted by Crippen LogP contribution is -2.37. The molecule has 1 aromatic rings. The summed E-state index contributed by atoms with van der Waals surface area (Å²) in [5.41, 5.74) is 2.36. The van der Waals surface area contributed by atoms with E-state index in [0.717, 1.165) is 49.9 Å². The van der Waals surface area contributed by atoms with Crippen LogP contribution in [0.5, 0.6) is 5.75 Å². The van der Waals surface area contributed by atoms with Gasteiger partial charge in [-0.3, -0.25) is 4.99 Å². The molecule has 0 aliphatic carbocycles. The van der Waals surface area contributed by atoms with Crippen LogP contribution in [0.25, 0.3) is 0 Å². The number of para-hydroxylation sites is 1. The SMILES string of the molecule is CN=C(NCCC1=CCOCC1)NCc1ccccc1OC(C)(C)C.I. The van der Waals surface area contributed by atoms with Crippen LogP contribution in [0.15, 0.2) is 40.9 Å². The number of nitrogens with zero attached hydrogens (tertiary/aromatic N) is 1. The first-order valence-electron chi connectivity index (χ1n) is 8.95. The highest BCUT2D eigenvalue weighted by atomic mass is 127. The molecule has 0 atom stereocenters. The highest BCUT2D eigenvalue weighted by Crippen LogP contribution is 2.22. The van der Waals surface area contributed by atoms with E-state index in [-0.39, 0.29) is 29.6 Å². The van der Waals surface area contributed by atoms with E-state index in [0.29, 0.717) is 6.54 Å². The molecule has 0 aromatic heterocycles. The highest BCUT2D eigenvalue weighted by molar-refractivity contribution is 14.0. The Bertz CT molecular complexity index is 609. The number of aliphatic imine (C=N–C) groups is 1. The smallest absolute Gasteiger partial charge is 0.191 e. The molecule has 2 rings (SSSR count). The van der Waals surface area contributed by atoms with E-state index in [1.165, 1.54) is 5.57 Å². The monoisotopic (exact) mass is 473 g/mol. The molecule has 0 bridgehead atoms. The van der Waals surface area contributed by atoms with E-state index in [2.05, 4.69) is 48.5 Å². The van der Waals surface area contributed by atoms with Crippen LogP contribution in [0.2, 0.25) is 0 Å². The average molecular weight is 473 g/mol. The molecule has 0 radical (unpaired) electrons. The number of rotatable bonds is 6. The molecule has 1 heterocycles. The summed E-state index contributed by atoms with van der Waals surface area (Å²) in [5.74, 6) is 1.71. The number of ether oxygens (including phenoxy) is 2. The number of hydrogen-bond acceptors (Lipinski definition) is 3. The first-order chi connectivity index (χ1) is 12.0. The van der Waals surface area contributed by atoms with E-state index in [9.17, 15) is 0 Å². The van der Waals surface area contributed by atoms with E-state index in [1.54, 1.807) is 7.05 Å². The molecule has 0 amide bonds. The Kier molecular flexibility index (Phi) is 10.0. The van der Waals surface area contributed by atoms with Gasteiger partial charge in [-0.15, -0.1) is 24.0 Å². The van der Waals surface area contributed by atoms with Crippen molar-refractivity contribution in [1.29, 1.82) is 0 Å². The van der Waals surface area contributed by atoms with Gasteiger partial charge in [-0.1, -0.05) is 29.8 Å². The Morgan fingerprint density at radius 2 is 2.00 bits per heavy atom. The normalized spacial score (nSPS) is 14.9. The largest absolute Gasteiger partial charge is 0.488 e. The van der Waals surface area contributed by atoms with Gasteiger partial charge in [0.1, 0.15) is 11.4 Å². The van der Waals surface area contributed by atoms with E-state index < -0.39 is 0 Å². The van der Waals surface area contributed by atoms with E-state index in [4.69, 9.17) is 9.47 Å². The van der Waals surface area contributed by atoms with Crippen LogP contribution in [-0.4, -0.2) is 38.4 Å². The van der Waals surface area contributed by atoms with Gasteiger partial charge >= 0.3 is 0 Å². The predicted molar refractivity (Wildman–Crippen MR) is 119 cm³/mol. The molecule has 5 nitrogen and oxygen atoms in total. The maximum absolute atomic E-state index is 6.04. The number of guanidine groups is 1. The first-order valence-corrected chi connectivity index (χ1v) is 8.95. The molecule has 0 saturated heterocycles. The molecule has 0 spiro atoms. The van der Waals surface area contributed by atoms with Gasteiger partial charge in [-0.25, -0.2) is 0 Å². The van der Waals surface area contributed by atoms with Crippen molar-refractivity contribution >= 4 is 29.9 Å². The lowest BCUT2D eigenvalue weighted by atomic mass is 10.1. The third kappa shape index (κ3) is 8.40. The standard InChI is InChI=1S/C20H31N3O2.HI/c1-20(2,3)25-18-8-6-5-7-17(18)15-23-19(21-4)22-12-9-16-10-13-24-14-11-16;/h5-8,10H,9,11-15H2,1-4H3,(H2,21,22,23);1H. The van der Waals surface area contributed by atoms with Gasteiger partial charge in [0.15, 0.2) is 5.96 Å². The fourth-order valence-corrected chi connectivity index (χ4v) is 2.61. The molecule has 6 heteroatoms. The lowest BCUT2D eigenvalue weighted by Gasteiger charge is -2.23. The van der Waals surface area contributed by atoms with Gasteiger partial charge < -0.3 is 20.1 Å². The van der Waals surface area contributed by atoms with Crippen molar-refractivity contribution in [3.05, 3.63) is 41.5 Å². The van der Waals surface area contributed by atoms with Crippen LogP contribution in [0, 0.1) is 0 Å². The second-order valence-corrected chi connectivity index (χ2v) is 7.11. The Balaban J connectivity index is 0.00000338. The molecule has 1 aliphatic heterocycles. The van der Waals surface area contributed by atoms with Crippen molar-refractivity contribution in [1.82, 2.24) is 10.6 Å². The Hall–Kier alpha value is -1.28. The number of benzene rings is 1. The molecule has 1 aromatic carbocycles. The lowest BCUT2D eigenvalue weighted by molar-refractivity contribution is 0.129. The van der Waals surface area contributed by atoms with Gasteiger partial charge in [0.25, 0.3) is 0 Å². The maximum atomic E-state index is 6.04. The molecule has 0 fully saturated rings. The second kappa shape index (κ2) is 11.4. The van der Waals surface area contributed by atoms with Crippen LogP contribution in [-0.2, 0) is 11.3 Å². The van der Waals surface area contributed by atoms with Gasteiger partial charge in [0, 0.05) is 25.7 Å². The number of hydrogen-bond donors (Lipinski definition) is 2. The quantitative estimate of drug-likeness (QED) is 0.285. The molecule has 0 unspecified atom stereocenters. The van der Waals surface area contributed by atoms with Crippen molar-refractivity contribution in [3.63, 3.8) is 0 Å². The number of halogens is 1. The van der Waals surface area contributed by atoms with Crippen LogP contribution in [0.1, 0.15) is 39.2 Å². The predicted octanol–water partition coefficient (Wildman–Crippen LogP) is 3.88. The number of nitrogens with one attached hydrogen (secondary N) is 2. The average Bonchev–Trinajstić information content (AvgIpc) is 2.58. The summed E-state index contributed by atoms with van der Waals surface area (Å²) < 4.78 is 11.4. The van der Waals surface area contributed by atoms with Crippen LogP contribution in [0.3, 0.4) is 0 Å². The minimum Gasteiger partial charge on any atom is -0.488 e. The summed E-state index contributed by atoms with van der Waals surface area (Å²) in [5, 5.41) is 6.74. The first kappa shape index (κ1) is 22.8. The zero-order chi connectivity index (χ0) is 18.1. The maximum Gasteiger partial charge on any atom is 0.191 e.